The number of hydrogen-bond acceptors (Lipinski definition) is 2. The Morgan fingerprint density at radius 2 is 2.00 bits per heavy atom. The highest BCUT2D eigenvalue weighted by atomic mass is 16.3. The van der Waals surface area contributed by atoms with Crippen LogP contribution in [0.1, 0.15) is 38.7 Å². The van der Waals surface area contributed by atoms with E-state index in [1.165, 1.54) is 17.7 Å². The zero-order chi connectivity index (χ0) is 12.8. The summed E-state index contributed by atoms with van der Waals surface area (Å²) in [6.07, 6.45) is 4.29. The molecule has 0 saturated heterocycles. The Bertz CT molecular complexity index is 419. The minimum absolute atomic E-state index is 0.188. The van der Waals surface area contributed by atoms with E-state index in [-0.39, 0.29) is 6.04 Å². The highest BCUT2D eigenvalue weighted by molar-refractivity contribution is 5.57. The van der Waals surface area contributed by atoms with Crippen LogP contribution >= 0.6 is 0 Å². The summed E-state index contributed by atoms with van der Waals surface area (Å²) in [6.45, 7) is 4.47. The van der Waals surface area contributed by atoms with Gasteiger partial charge in [0.05, 0.1) is 11.6 Å². The van der Waals surface area contributed by atoms with Crippen LogP contribution in [0.5, 0.6) is 0 Å². The summed E-state index contributed by atoms with van der Waals surface area (Å²) >= 11 is 0. The highest BCUT2D eigenvalue weighted by Gasteiger charge is 2.46. The van der Waals surface area contributed by atoms with Crippen LogP contribution in [0, 0.1) is 11.8 Å². The summed E-state index contributed by atoms with van der Waals surface area (Å²) in [5.41, 5.74) is 2.01. The molecule has 98 valence electrons. The first-order chi connectivity index (χ1) is 8.59. The predicted octanol–water partition coefficient (Wildman–Crippen LogP) is 3.21. The minimum atomic E-state index is -0.545. The number of fused-ring (bicyclic) bond motifs is 1. The molecule has 1 aliphatic carbocycles. The van der Waals surface area contributed by atoms with E-state index >= 15 is 0 Å². The number of anilines is 1. The van der Waals surface area contributed by atoms with Gasteiger partial charge in [0.25, 0.3) is 0 Å². The van der Waals surface area contributed by atoms with E-state index in [2.05, 4.69) is 43.4 Å². The van der Waals surface area contributed by atoms with Crippen LogP contribution in [0.15, 0.2) is 24.3 Å². The van der Waals surface area contributed by atoms with Crippen molar-refractivity contribution in [3.8, 4) is 0 Å². The maximum Gasteiger partial charge on any atom is 0.0878 e. The maximum absolute atomic E-state index is 11.1. The smallest absolute Gasteiger partial charge is 0.0878 e. The molecule has 0 radical (unpaired) electrons. The molecule has 4 atom stereocenters. The average molecular weight is 245 g/mol. The van der Waals surface area contributed by atoms with Crippen LogP contribution in [0.2, 0.25) is 0 Å². The Morgan fingerprint density at radius 1 is 1.22 bits per heavy atom. The van der Waals surface area contributed by atoms with Crippen molar-refractivity contribution in [1.82, 2.24) is 0 Å². The highest BCUT2D eigenvalue weighted by Crippen LogP contribution is 2.43. The lowest BCUT2D eigenvalue weighted by atomic mass is 9.68. The van der Waals surface area contributed by atoms with Crippen molar-refractivity contribution in [3.63, 3.8) is 0 Å². The monoisotopic (exact) mass is 245 g/mol. The lowest BCUT2D eigenvalue weighted by Gasteiger charge is -2.45. The van der Waals surface area contributed by atoms with Gasteiger partial charge < -0.3 is 10.4 Å². The first-order valence-electron chi connectivity index (χ1n) is 7.16. The molecule has 2 nitrogen and oxygen atoms in total. The van der Waals surface area contributed by atoms with Crippen molar-refractivity contribution in [3.05, 3.63) is 29.8 Å². The van der Waals surface area contributed by atoms with E-state index in [1.807, 2.05) is 0 Å². The van der Waals surface area contributed by atoms with E-state index in [1.54, 1.807) is 0 Å². The van der Waals surface area contributed by atoms with E-state index in [9.17, 15) is 5.11 Å². The number of hydrogen-bond donors (Lipinski definition) is 2. The number of nitrogens with one attached hydrogen (secondary N) is 1. The Morgan fingerprint density at radius 3 is 2.78 bits per heavy atom. The van der Waals surface area contributed by atoms with Gasteiger partial charge in [-0.1, -0.05) is 38.5 Å². The average Bonchev–Trinajstić information content (AvgIpc) is 2.78. The first-order valence-corrected chi connectivity index (χ1v) is 7.16. The van der Waals surface area contributed by atoms with E-state index in [0.29, 0.717) is 11.8 Å². The number of benzene rings is 1. The van der Waals surface area contributed by atoms with Gasteiger partial charge in [-0.25, -0.2) is 0 Å². The molecule has 1 fully saturated rings. The normalized spacial score (nSPS) is 39.2. The van der Waals surface area contributed by atoms with Crippen molar-refractivity contribution in [2.45, 2.75) is 51.2 Å². The number of aliphatic hydroxyl groups is 1. The quantitative estimate of drug-likeness (QED) is 0.796. The third-order valence-electron chi connectivity index (χ3n) is 5.00. The molecule has 1 aromatic carbocycles. The second kappa shape index (κ2) is 4.27. The van der Waals surface area contributed by atoms with Gasteiger partial charge >= 0.3 is 0 Å². The third kappa shape index (κ3) is 1.83. The predicted molar refractivity (Wildman–Crippen MR) is 74.7 cm³/mol. The Hall–Kier alpha value is -1.02. The fraction of sp³-hybridized carbons (Fsp3) is 0.625. The molecule has 2 heteroatoms. The van der Waals surface area contributed by atoms with Crippen molar-refractivity contribution < 1.29 is 5.11 Å². The summed E-state index contributed by atoms with van der Waals surface area (Å²) in [6, 6.07) is 8.62. The molecule has 0 bridgehead atoms. The van der Waals surface area contributed by atoms with Crippen molar-refractivity contribution in [1.29, 1.82) is 0 Å². The molecule has 0 aromatic heterocycles. The lowest BCUT2D eigenvalue weighted by Crippen LogP contribution is -2.53. The van der Waals surface area contributed by atoms with Gasteiger partial charge in [-0.15, -0.1) is 0 Å². The molecule has 18 heavy (non-hydrogen) atoms. The Labute approximate surface area is 109 Å². The number of para-hydroxylation sites is 1. The molecule has 4 unspecified atom stereocenters. The fourth-order valence-electron chi connectivity index (χ4n) is 3.73. The summed E-state index contributed by atoms with van der Waals surface area (Å²) in [4.78, 5) is 0. The molecule has 1 saturated carbocycles. The molecule has 0 amide bonds. The van der Waals surface area contributed by atoms with Gasteiger partial charge in [0.2, 0.25) is 0 Å². The zero-order valence-electron chi connectivity index (χ0n) is 11.3. The molecular formula is C16H23NO. The topological polar surface area (TPSA) is 32.3 Å². The Balaban J connectivity index is 1.84. The van der Waals surface area contributed by atoms with Gasteiger partial charge in [-0.3, -0.25) is 0 Å². The first kappa shape index (κ1) is 12.0. The second-order valence-corrected chi connectivity index (χ2v) is 6.34. The fourth-order valence-corrected chi connectivity index (χ4v) is 3.73. The van der Waals surface area contributed by atoms with Gasteiger partial charge in [0, 0.05) is 5.69 Å². The lowest BCUT2D eigenvalue weighted by molar-refractivity contribution is -0.0694. The van der Waals surface area contributed by atoms with Crippen molar-refractivity contribution >= 4 is 5.69 Å². The van der Waals surface area contributed by atoms with Gasteiger partial charge in [0.15, 0.2) is 0 Å². The van der Waals surface area contributed by atoms with E-state index < -0.39 is 5.60 Å². The van der Waals surface area contributed by atoms with Crippen molar-refractivity contribution in [2.75, 3.05) is 5.32 Å². The zero-order valence-corrected chi connectivity index (χ0v) is 11.3. The summed E-state index contributed by atoms with van der Waals surface area (Å²) < 4.78 is 0. The molecule has 3 rings (SSSR count). The molecule has 2 aliphatic rings. The van der Waals surface area contributed by atoms with Crippen LogP contribution < -0.4 is 5.32 Å². The van der Waals surface area contributed by atoms with Crippen LogP contribution in [0.4, 0.5) is 5.69 Å². The summed E-state index contributed by atoms with van der Waals surface area (Å²) in [5, 5.41) is 14.7. The minimum Gasteiger partial charge on any atom is -0.387 e. The number of rotatable bonds is 1. The molecule has 0 spiro atoms. The van der Waals surface area contributed by atoms with Gasteiger partial charge in [0.1, 0.15) is 0 Å². The standard InChI is InChI=1S/C16H23NO/c1-11-7-8-12(2)16(18,10-11)15-9-13-5-3-4-6-14(13)17-15/h3-6,11-12,15,17-18H,7-10H2,1-2H3. The SMILES string of the molecule is CC1CCC(C)C(O)(C2Cc3ccccc3N2)C1. The molecule has 1 aliphatic heterocycles. The molecule has 1 heterocycles. The van der Waals surface area contributed by atoms with Crippen LogP contribution in [-0.4, -0.2) is 16.7 Å². The van der Waals surface area contributed by atoms with Gasteiger partial charge in [-0.05, 0) is 42.7 Å². The molecular weight excluding hydrogens is 222 g/mol. The summed E-state index contributed by atoms with van der Waals surface area (Å²) in [5.74, 6) is 1.03. The molecule has 2 N–H and O–H groups in total. The largest absolute Gasteiger partial charge is 0.387 e. The van der Waals surface area contributed by atoms with Crippen LogP contribution in [0.3, 0.4) is 0 Å². The third-order valence-corrected chi connectivity index (χ3v) is 5.00. The van der Waals surface area contributed by atoms with Crippen LogP contribution in [-0.2, 0) is 6.42 Å². The second-order valence-electron chi connectivity index (χ2n) is 6.34. The molecule has 1 aromatic rings. The Kier molecular flexibility index (Phi) is 2.86. The van der Waals surface area contributed by atoms with E-state index in [4.69, 9.17) is 0 Å². The van der Waals surface area contributed by atoms with Crippen molar-refractivity contribution in [2.24, 2.45) is 11.8 Å². The summed E-state index contributed by atoms with van der Waals surface area (Å²) in [7, 11) is 0. The maximum atomic E-state index is 11.1. The van der Waals surface area contributed by atoms with Crippen LogP contribution in [0.25, 0.3) is 0 Å². The van der Waals surface area contributed by atoms with E-state index in [0.717, 1.165) is 19.3 Å². The van der Waals surface area contributed by atoms with Gasteiger partial charge in [-0.2, -0.15) is 0 Å².